The number of carbonyl (C=O) groups excluding carboxylic acids is 1. The first kappa shape index (κ1) is 20.9. The maximum Gasteiger partial charge on any atom is 0.223 e. The van der Waals surface area contributed by atoms with Crippen LogP contribution in [0.25, 0.3) is 0 Å². The summed E-state index contributed by atoms with van der Waals surface area (Å²) in [7, 11) is -3.54. The van der Waals surface area contributed by atoms with E-state index in [9.17, 15) is 13.2 Å². The van der Waals surface area contributed by atoms with Crippen LogP contribution >= 0.6 is 23.2 Å². The average molecular weight is 435 g/mol. The second-order valence-electron chi connectivity index (χ2n) is 7.01. The Morgan fingerprint density at radius 3 is 2.44 bits per heavy atom. The number of carbonyl (C=O) groups is 1. The second kappa shape index (κ2) is 9.09. The van der Waals surface area contributed by atoms with Crippen molar-refractivity contribution >= 4 is 39.1 Å². The van der Waals surface area contributed by atoms with Crippen molar-refractivity contribution in [2.45, 2.75) is 37.5 Å². The van der Waals surface area contributed by atoms with Crippen molar-refractivity contribution in [1.82, 2.24) is 9.62 Å². The number of nitrogens with zero attached hydrogens (tertiary/aromatic N) is 1. The number of sulfonamides is 1. The molecule has 2 aliphatic rings. The van der Waals surface area contributed by atoms with Crippen LogP contribution in [0.2, 0.25) is 10.0 Å². The lowest BCUT2D eigenvalue weighted by Gasteiger charge is -2.31. The van der Waals surface area contributed by atoms with E-state index in [0.717, 1.165) is 19.4 Å². The van der Waals surface area contributed by atoms with Gasteiger partial charge in [0.25, 0.3) is 0 Å². The molecule has 0 aliphatic carbocycles. The van der Waals surface area contributed by atoms with Crippen LogP contribution in [-0.2, 0) is 25.3 Å². The summed E-state index contributed by atoms with van der Waals surface area (Å²) in [5, 5.41) is 3.62. The monoisotopic (exact) mass is 434 g/mol. The van der Waals surface area contributed by atoms with Gasteiger partial charge in [-0.05, 0) is 37.8 Å². The van der Waals surface area contributed by atoms with E-state index in [1.165, 1.54) is 4.31 Å². The van der Waals surface area contributed by atoms with E-state index in [-0.39, 0.29) is 23.7 Å². The molecule has 0 radical (unpaired) electrons. The van der Waals surface area contributed by atoms with Gasteiger partial charge in [0.05, 0.1) is 11.9 Å². The van der Waals surface area contributed by atoms with Gasteiger partial charge in [0, 0.05) is 47.8 Å². The maximum atomic E-state index is 12.7. The van der Waals surface area contributed by atoms with Crippen LogP contribution in [0.1, 0.15) is 31.2 Å². The quantitative estimate of drug-likeness (QED) is 0.746. The van der Waals surface area contributed by atoms with Gasteiger partial charge in [0.15, 0.2) is 0 Å². The third kappa shape index (κ3) is 5.35. The van der Waals surface area contributed by atoms with Crippen LogP contribution < -0.4 is 5.32 Å². The summed E-state index contributed by atoms with van der Waals surface area (Å²) >= 11 is 12.2. The largest absolute Gasteiger partial charge is 0.376 e. The molecule has 6 nitrogen and oxygen atoms in total. The van der Waals surface area contributed by atoms with E-state index in [1.54, 1.807) is 18.2 Å². The molecule has 3 rings (SSSR count). The summed E-state index contributed by atoms with van der Waals surface area (Å²) in [6.07, 6.45) is 3.13. The first-order chi connectivity index (χ1) is 12.9. The lowest BCUT2D eigenvalue weighted by molar-refractivity contribution is -0.126. The smallest absolute Gasteiger partial charge is 0.223 e. The number of amides is 1. The third-order valence-corrected chi connectivity index (χ3v) is 7.65. The molecular weight excluding hydrogens is 411 g/mol. The first-order valence-corrected chi connectivity index (χ1v) is 11.5. The Morgan fingerprint density at radius 1 is 1.19 bits per heavy atom. The number of piperidine rings is 1. The number of ether oxygens (including phenoxy) is 1. The minimum absolute atomic E-state index is 0.0169. The van der Waals surface area contributed by atoms with Gasteiger partial charge in [-0.25, -0.2) is 12.7 Å². The number of benzene rings is 1. The highest BCUT2D eigenvalue weighted by Crippen LogP contribution is 2.29. The lowest BCUT2D eigenvalue weighted by atomic mass is 9.97. The van der Waals surface area contributed by atoms with E-state index < -0.39 is 10.0 Å². The minimum atomic E-state index is -3.54. The number of hydrogen-bond acceptors (Lipinski definition) is 4. The molecule has 0 unspecified atom stereocenters. The van der Waals surface area contributed by atoms with Gasteiger partial charge in [-0.2, -0.15) is 0 Å². The first-order valence-electron chi connectivity index (χ1n) is 9.17. The van der Waals surface area contributed by atoms with Gasteiger partial charge >= 0.3 is 0 Å². The normalized spacial score (nSPS) is 22.1. The fourth-order valence-electron chi connectivity index (χ4n) is 3.50. The van der Waals surface area contributed by atoms with Crippen molar-refractivity contribution in [2.75, 3.05) is 26.2 Å². The topological polar surface area (TPSA) is 75.7 Å². The molecule has 150 valence electrons. The van der Waals surface area contributed by atoms with Crippen LogP contribution in [0.5, 0.6) is 0 Å². The van der Waals surface area contributed by atoms with Gasteiger partial charge in [-0.15, -0.1) is 0 Å². The van der Waals surface area contributed by atoms with Gasteiger partial charge < -0.3 is 10.1 Å². The zero-order valence-electron chi connectivity index (χ0n) is 15.0. The summed E-state index contributed by atoms with van der Waals surface area (Å²) in [6.45, 7) is 1.93. The molecule has 1 aromatic rings. The fraction of sp³-hybridized carbons (Fsp3) is 0.611. The number of halogens is 2. The van der Waals surface area contributed by atoms with Gasteiger partial charge in [-0.3, -0.25) is 4.79 Å². The Labute approximate surface area is 170 Å². The Balaban J connectivity index is 1.52. The van der Waals surface area contributed by atoms with Crippen molar-refractivity contribution in [1.29, 1.82) is 0 Å². The van der Waals surface area contributed by atoms with E-state index in [2.05, 4.69) is 5.32 Å². The van der Waals surface area contributed by atoms with Crippen LogP contribution in [0, 0.1) is 5.92 Å². The molecular formula is C18H24Cl2N2O4S. The zero-order valence-corrected chi connectivity index (χ0v) is 17.3. The maximum absolute atomic E-state index is 12.7. The highest BCUT2D eigenvalue weighted by atomic mass is 35.5. The molecule has 0 bridgehead atoms. The summed E-state index contributed by atoms with van der Waals surface area (Å²) in [6, 6.07) is 4.94. The van der Waals surface area contributed by atoms with E-state index in [4.69, 9.17) is 27.9 Å². The standard InChI is InChI=1S/C18H24Cl2N2O4S/c19-16-4-1-5-17(20)15(16)12-27(24,25)22-8-6-13(7-9-22)18(23)21-11-14-3-2-10-26-14/h1,4-5,13-14H,2-3,6-12H2,(H,21,23)/t14-/m0/s1. The van der Waals surface area contributed by atoms with Gasteiger partial charge in [0.1, 0.15) is 0 Å². The minimum Gasteiger partial charge on any atom is -0.376 e. The lowest BCUT2D eigenvalue weighted by Crippen LogP contribution is -2.44. The van der Waals surface area contributed by atoms with Crippen LogP contribution in [0.4, 0.5) is 0 Å². The Morgan fingerprint density at radius 2 is 1.85 bits per heavy atom. The van der Waals surface area contributed by atoms with Crippen molar-refractivity contribution in [2.24, 2.45) is 5.92 Å². The highest BCUT2D eigenvalue weighted by Gasteiger charge is 2.32. The number of nitrogens with one attached hydrogen (secondary N) is 1. The molecule has 2 fully saturated rings. The molecule has 2 saturated heterocycles. The predicted molar refractivity (Wildman–Crippen MR) is 105 cm³/mol. The van der Waals surface area contributed by atoms with Crippen molar-refractivity contribution in [3.8, 4) is 0 Å². The molecule has 9 heteroatoms. The summed E-state index contributed by atoms with van der Waals surface area (Å²) in [5.74, 6) is -0.417. The third-order valence-electron chi connectivity index (χ3n) is 5.13. The molecule has 2 aliphatic heterocycles. The molecule has 0 aromatic heterocycles. The van der Waals surface area contributed by atoms with Crippen LogP contribution in [-0.4, -0.2) is 51.0 Å². The van der Waals surface area contributed by atoms with Gasteiger partial charge in [-0.1, -0.05) is 29.3 Å². The Bertz CT molecular complexity index is 753. The van der Waals surface area contributed by atoms with Crippen molar-refractivity contribution in [3.63, 3.8) is 0 Å². The predicted octanol–water partition coefficient (Wildman–Crippen LogP) is 2.83. The molecule has 0 spiro atoms. The highest BCUT2D eigenvalue weighted by molar-refractivity contribution is 7.88. The van der Waals surface area contributed by atoms with Crippen LogP contribution in [0.15, 0.2) is 18.2 Å². The van der Waals surface area contributed by atoms with E-state index >= 15 is 0 Å². The van der Waals surface area contributed by atoms with Crippen molar-refractivity contribution in [3.05, 3.63) is 33.8 Å². The molecule has 2 heterocycles. The van der Waals surface area contributed by atoms with Crippen molar-refractivity contribution < 1.29 is 17.9 Å². The van der Waals surface area contributed by atoms with Gasteiger partial charge in [0.2, 0.25) is 15.9 Å². The SMILES string of the molecule is O=C(NC[C@@H]1CCCO1)C1CCN(S(=O)(=O)Cc2c(Cl)cccc2Cl)CC1. The molecule has 1 atom stereocenters. The average Bonchev–Trinajstić information content (AvgIpc) is 3.17. The summed E-state index contributed by atoms with van der Waals surface area (Å²) < 4.78 is 32.4. The molecule has 1 amide bonds. The molecule has 1 aromatic carbocycles. The van der Waals surface area contributed by atoms with Crippen LogP contribution in [0.3, 0.4) is 0 Å². The molecule has 1 N–H and O–H groups in total. The zero-order chi connectivity index (χ0) is 19.4. The van der Waals surface area contributed by atoms with E-state index in [0.29, 0.717) is 48.1 Å². The summed E-state index contributed by atoms with van der Waals surface area (Å²) in [5.41, 5.74) is 0.414. The second-order valence-corrected chi connectivity index (χ2v) is 9.79. The molecule has 27 heavy (non-hydrogen) atoms. The number of rotatable bonds is 6. The molecule has 0 saturated carbocycles. The number of hydrogen-bond donors (Lipinski definition) is 1. The fourth-order valence-corrected chi connectivity index (χ4v) is 5.82. The van der Waals surface area contributed by atoms with E-state index in [1.807, 2.05) is 0 Å². The Kier molecular flexibility index (Phi) is 7.03. The Hall–Kier alpha value is -0.860. The summed E-state index contributed by atoms with van der Waals surface area (Å²) in [4.78, 5) is 12.3.